The first-order valence-electron chi connectivity index (χ1n) is 3.89. The van der Waals surface area contributed by atoms with Gasteiger partial charge in [0.2, 0.25) is 0 Å². The van der Waals surface area contributed by atoms with E-state index in [1.807, 2.05) is 31.2 Å². The standard InChI is InChI=1S/C9H8N2OS/c1-6-2-4-7(5-3-6)8-9(12)11-13-10-8/h2-5H,1H3,(H,11,12). The molecule has 0 aliphatic rings. The second-order valence-corrected chi connectivity index (χ2v) is 3.40. The molecule has 0 saturated carbocycles. The number of nitrogens with one attached hydrogen (secondary N) is 1. The maximum atomic E-state index is 11.2. The van der Waals surface area contributed by atoms with Gasteiger partial charge >= 0.3 is 0 Å². The lowest BCUT2D eigenvalue weighted by molar-refractivity contribution is 1.38. The molecule has 13 heavy (non-hydrogen) atoms. The average molecular weight is 192 g/mol. The number of benzene rings is 1. The second kappa shape index (κ2) is 3.14. The van der Waals surface area contributed by atoms with Crippen LogP contribution in [0.25, 0.3) is 11.3 Å². The number of rotatable bonds is 1. The van der Waals surface area contributed by atoms with Crippen molar-refractivity contribution >= 4 is 11.7 Å². The van der Waals surface area contributed by atoms with Crippen LogP contribution in [0, 0.1) is 6.92 Å². The summed E-state index contributed by atoms with van der Waals surface area (Å²) in [5.74, 6) is 0. The normalized spacial score (nSPS) is 10.2. The van der Waals surface area contributed by atoms with Crippen molar-refractivity contribution < 1.29 is 0 Å². The Labute approximate surface area is 79.4 Å². The molecule has 0 radical (unpaired) electrons. The first-order valence-corrected chi connectivity index (χ1v) is 4.66. The summed E-state index contributed by atoms with van der Waals surface area (Å²) in [5, 5.41) is 0. The molecule has 0 bridgehead atoms. The van der Waals surface area contributed by atoms with Crippen LogP contribution in [0.4, 0.5) is 0 Å². The molecule has 2 rings (SSSR count). The molecule has 0 atom stereocenters. The molecule has 66 valence electrons. The average Bonchev–Trinajstić information content (AvgIpc) is 2.53. The minimum atomic E-state index is -0.117. The lowest BCUT2D eigenvalue weighted by atomic mass is 10.1. The Morgan fingerprint density at radius 3 is 2.54 bits per heavy atom. The summed E-state index contributed by atoms with van der Waals surface area (Å²) in [6.07, 6.45) is 0. The van der Waals surface area contributed by atoms with Crippen molar-refractivity contribution in [2.24, 2.45) is 0 Å². The summed E-state index contributed by atoms with van der Waals surface area (Å²) in [7, 11) is 0. The summed E-state index contributed by atoms with van der Waals surface area (Å²) >= 11 is 1.08. The minimum Gasteiger partial charge on any atom is -0.266 e. The number of aryl methyl sites for hydroxylation is 1. The zero-order valence-electron chi connectivity index (χ0n) is 7.07. The van der Waals surface area contributed by atoms with Crippen LogP contribution in [-0.2, 0) is 0 Å². The maximum absolute atomic E-state index is 11.2. The Bertz CT molecular complexity index is 455. The topological polar surface area (TPSA) is 45.8 Å². The van der Waals surface area contributed by atoms with Gasteiger partial charge in [-0.25, -0.2) is 0 Å². The van der Waals surface area contributed by atoms with Crippen molar-refractivity contribution in [1.82, 2.24) is 8.75 Å². The quantitative estimate of drug-likeness (QED) is 0.749. The number of aromatic amines is 1. The summed E-state index contributed by atoms with van der Waals surface area (Å²) in [6, 6.07) is 7.74. The van der Waals surface area contributed by atoms with Gasteiger partial charge in [0.1, 0.15) is 0 Å². The summed E-state index contributed by atoms with van der Waals surface area (Å²) in [4.78, 5) is 11.2. The second-order valence-electron chi connectivity index (χ2n) is 2.83. The van der Waals surface area contributed by atoms with Gasteiger partial charge in [0, 0.05) is 17.3 Å². The van der Waals surface area contributed by atoms with Crippen LogP contribution in [0.1, 0.15) is 5.56 Å². The van der Waals surface area contributed by atoms with E-state index in [1.165, 1.54) is 5.56 Å². The maximum Gasteiger partial charge on any atom is 0.285 e. The van der Waals surface area contributed by atoms with Gasteiger partial charge in [-0.05, 0) is 6.92 Å². The number of nitrogens with zero attached hydrogens (tertiary/aromatic N) is 1. The number of aromatic nitrogens is 2. The van der Waals surface area contributed by atoms with E-state index < -0.39 is 0 Å². The van der Waals surface area contributed by atoms with Crippen LogP contribution in [0.2, 0.25) is 0 Å². The molecule has 2 aromatic rings. The molecule has 0 unspecified atom stereocenters. The molecule has 1 heterocycles. The molecular weight excluding hydrogens is 184 g/mol. The van der Waals surface area contributed by atoms with E-state index in [0.29, 0.717) is 5.69 Å². The van der Waals surface area contributed by atoms with Crippen molar-refractivity contribution in [3.8, 4) is 11.3 Å². The molecule has 0 spiro atoms. The fourth-order valence-corrected chi connectivity index (χ4v) is 1.60. The third kappa shape index (κ3) is 1.53. The molecule has 1 aromatic carbocycles. The summed E-state index contributed by atoms with van der Waals surface area (Å²) in [6.45, 7) is 2.01. The summed E-state index contributed by atoms with van der Waals surface area (Å²) < 4.78 is 6.55. The first-order chi connectivity index (χ1) is 6.27. The van der Waals surface area contributed by atoms with Crippen molar-refractivity contribution in [3.05, 3.63) is 40.2 Å². The summed E-state index contributed by atoms with van der Waals surface area (Å²) in [5.41, 5.74) is 2.43. The molecule has 1 N–H and O–H groups in total. The third-order valence-corrected chi connectivity index (χ3v) is 2.37. The number of H-pyrrole nitrogens is 1. The minimum absolute atomic E-state index is 0.117. The van der Waals surface area contributed by atoms with Gasteiger partial charge in [-0.3, -0.25) is 9.17 Å². The van der Waals surface area contributed by atoms with Crippen LogP contribution in [-0.4, -0.2) is 8.75 Å². The van der Waals surface area contributed by atoms with Gasteiger partial charge < -0.3 is 0 Å². The van der Waals surface area contributed by atoms with E-state index in [2.05, 4.69) is 8.75 Å². The molecular formula is C9H8N2OS. The van der Waals surface area contributed by atoms with E-state index >= 15 is 0 Å². The van der Waals surface area contributed by atoms with Crippen molar-refractivity contribution in [2.75, 3.05) is 0 Å². The van der Waals surface area contributed by atoms with Gasteiger partial charge in [0.05, 0.1) is 0 Å². The molecule has 0 aliphatic carbocycles. The molecule has 0 amide bonds. The lowest BCUT2D eigenvalue weighted by Gasteiger charge is -1.94. The first kappa shape index (κ1) is 8.19. The van der Waals surface area contributed by atoms with Crippen LogP contribution in [0.15, 0.2) is 29.1 Å². The zero-order chi connectivity index (χ0) is 9.26. The van der Waals surface area contributed by atoms with Crippen LogP contribution < -0.4 is 5.56 Å². The Morgan fingerprint density at radius 2 is 2.00 bits per heavy atom. The highest BCUT2D eigenvalue weighted by Gasteiger charge is 2.04. The molecule has 0 aliphatic heterocycles. The van der Waals surface area contributed by atoms with Crippen molar-refractivity contribution in [1.29, 1.82) is 0 Å². The highest BCUT2D eigenvalue weighted by molar-refractivity contribution is 6.99. The fraction of sp³-hybridized carbons (Fsp3) is 0.111. The smallest absolute Gasteiger partial charge is 0.266 e. The van der Waals surface area contributed by atoms with Gasteiger partial charge in [-0.1, -0.05) is 29.8 Å². The van der Waals surface area contributed by atoms with Crippen molar-refractivity contribution in [2.45, 2.75) is 6.92 Å². The Kier molecular flexibility index (Phi) is 1.98. The molecule has 1 aromatic heterocycles. The van der Waals surface area contributed by atoms with E-state index in [1.54, 1.807) is 0 Å². The lowest BCUT2D eigenvalue weighted by Crippen LogP contribution is -2.01. The van der Waals surface area contributed by atoms with Gasteiger partial charge in [-0.15, -0.1) is 0 Å². The van der Waals surface area contributed by atoms with Crippen LogP contribution in [0.5, 0.6) is 0 Å². The van der Waals surface area contributed by atoms with E-state index in [4.69, 9.17) is 0 Å². The van der Waals surface area contributed by atoms with E-state index in [-0.39, 0.29) is 5.56 Å². The Hall–Kier alpha value is -1.42. The largest absolute Gasteiger partial charge is 0.285 e. The number of hydrogen-bond donors (Lipinski definition) is 1. The zero-order valence-corrected chi connectivity index (χ0v) is 7.89. The monoisotopic (exact) mass is 192 g/mol. The van der Waals surface area contributed by atoms with Crippen LogP contribution >= 0.6 is 11.7 Å². The molecule has 3 nitrogen and oxygen atoms in total. The number of hydrogen-bond acceptors (Lipinski definition) is 3. The fourth-order valence-electron chi connectivity index (χ4n) is 1.09. The Morgan fingerprint density at radius 1 is 1.31 bits per heavy atom. The molecule has 0 saturated heterocycles. The predicted octanol–water partition coefficient (Wildman–Crippen LogP) is 1.81. The SMILES string of the molecule is Cc1ccc(-c2ns[nH]c2=O)cc1. The van der Waals surface area contributed by atoms with Crippen LogP contribution in [0.3, 0.4) is 0 Å². The highest BCUT2D eigenvalue weighted by Crippen LogP contribution is 2.13. The molecule has 0 fully saturated rings. The van der Waals surface area contributed by atoms with Gasteiger partial charge in [0.25, 0.3) is 5.56 Å². The Balaban J connectivity index is 2.54. The van der Waals surface area contributed by atoms with E-state index in [9.17, 15) is 4.79 Å². The molecule has 4 heteroatoms. The highest BCUT2D eigenvalue weighted by atomic mass is 32.1. The van der Waals surface area contributed by atoms with Gasteiger partial charge in [-0.2, -0.15) is 4.37 Å². The van der Waals surface area contributed by atoms with Gasteiger partial charge in [0.15, 0.2) is 5.69 Å². The predicted molar refractivity (Wildman–Crippen MR) is 52.9 cm³/mol. The van der Waals surface area contributed by atoms with Crippen molar-refractivity contribution in [3.63, 3.8) is 0 Å². The third-order valence-electron chi connectivity index (χ3n) is 1.82. The van der Waals surface area contributed by atoms with E-state index in [0.717, 1.165) is 17.3 Å².